The summed E-state index contributed by atoms with van der Waals surface area (Å²) in [5, 5.41) is 2.67. The van der Waals surface area contributed by atoms with Crippen LogP contribution in [0.1, 0.15) is 16.7 Å². The molecule has 1 N–H and O–H groups in total. The van der Waals surface area contributed by atoms with Gasteiger partial charge >= 0.3 is 5.97 Å². The lowest BCUT2D eigenvalue weighted by molar-refractivity contribution is -0.142. The van der Waals surface area contributed by atoms with E-state index in [0.29, 0.717) is 11.4 Å². The first-order valence-electron chi connectivity index (χ1n) is 7.94. The van der Waals surface area contributed by atoms with E-state index in [-0.39, 0.29) is 6.61 Å². The summed E-state index contributed by atoms with van der Waals surface area (Å²) in [6, 6.07) is 11.2. The largest absolute Gasteiger partial charge is 0.495 e. The zero-order valence-corrected chi connectivity index (χ0v) is 16.4. The normalized spacial score (nSPS) is 10.6. The maximum absolute atomic E-state index is 12.0. The summed E-state index contributed by atoms with van der Waals surface area (Å²) in [4.78, 5) is 23.8. The average Bonchev–Trinajstić information content (AvgIpc) is 2.59. The summed E-state index contributed by atoms with van der Waals surface area (Å²) < 4.78 is 11.0. The van der Waals surface area contributed by atoms with E-state index in [1.807, 2.05) is 38.1 Å². The van der Waals surface area contributed by atoms with Gasteiger partial charge in [-0.15, -0.1) is 0 Å². The van der Waals surface area contributed by atoms with Gasteiger partial charge in [-0.25, -0.2) is 4.79 Å². The molecule has 0 aliphatic carbocycles. The Hall–Kier alpha value is -2.60. The number of hydrogen-bond acceptors (Lipinski definition) is 4. The lowest BCUT2D eigenvalue weighted by Gasteiger charge is -2.10. The van der Waals surface area contributed by atoms with Gasteiger partial charge < -0.3 is 14.8 Å². The van der Waals surface area contributed by atoms with Crippen LogP contribution in [0.5, 0.6) is 5.75 Å². The molecule has 0 aliphatic rings. The summed E-state index contributed by atoms with van der Waals surface area (Å²) >= 11 is 3.44. The van der Waals surface area contributed by atoms with Crippen molar-refractivity contribution in [1.29, 1.82) is 0 Å². The molecule has 0 bridgehead atoms. The number of carbonyl (C=O) groups excluding carboxylic acids is 2. The minimum Gasteiger partial charge on any atom is -0.495 e. The van der Waals surface area contributed by atoms with Crippen LogP contribution in [0.3, 0.4) is 0 Å². The molecule has 0 radical (unpaired) electrons. The molecule has 5 nitrogen and oxygen atoms in total. The highest BCUT2D eigenvalue weighted by atomic mass is 79.9. The number of anilines is 1. The third-order valence-corrected chi connectivity index (χ3v) is 4.22. The van der Waals surface area contributed by atoms with Crippen molar-refractivity contribution in [2.45, 2.75) is 13.8 Å². The fraction of sp³-hybridized carbons (Fsp3) is 0.200. The molecule has 0 saturated heterocycles. The molecule has 0 heterocycles. The van der Waals surface area contributed by atoms with E-state index in [9.17, 15) is 9.59 Å². The Bertz CT molecular complexity index is 846. The first-order valence-corrected chi connectivity index (χ1v) is 8.74. The molecule has 0 fully saturated rings. The number of benzene rings is 2. The summed E-state index contributed by atoms with van der Waals surface area (Å²) in [5.41, 5.74) is 3.47. The smallest absolute Gasteiger partial charge is 0.331 e. The number of esters is 1. The van der Waals surface area contributed by atoms with E-state index in [1.54, 1.807) is 18.2 Å². The van der Waals surface area contributed by atoms with Crippen LogP contribution in [0, 0.1) is 13.8 Å². The number of rotatable bonds is 6. The molecule has 0 unspecified atom stereocenters. The SMILES string of the molecule is COc1ccc(C)cc1NC(=O)COC(=O)/C=C/c1ccc(C)cc1Br. The van der Waals surface area contributed by atoms with Gasteiger partial charge in [0.2, 0.25) is 0 Å². The van der Waals surface area contributed by atoms with E-state index < -0.39 is 11.9 Å². The number of aryl methyl sites for hydroxylation is 2. The molecule has 1 amide bonds. The molecule has 6 heteroatoms. The van der Waals surface area contributed by atoms with Gasteiger partial charge in [0.05, 0.1) is 12.8 Å². The van der Waals surface area contributed by atoms with Crippen molar-refractivity contribution in [3.8, 4) is 5.75 Å². The number of halogens is 1. The van der Waals surface area contributed by atoms with Crippen LogP contribution >= 0.6 is 15.9 Å². The zero-order chi connectivity index (χ0) is 19.1. The quantitative estimate of drug-likeness (QED) is 0.562. The molecular weight excluding hydrogens is 398 g/mol. The molecule has 0 saturated carbocycles. The topological polar surface area (TPSA) is 64.6 Å². The van der Waals surface area contributed by atoms with Crippen LogP contribution in [-0.4, -0.2) is 25.6 Å². The average molecular weight is 418 g/mol. The Morgan fingerprint density at radius 1 is 1.12 bits per heavy atom. The summed E-state index contributed by atoms with van der Waals surface area (Å²) in [6.07, 6.45) is 2.92. The summed E-state index contributed by atoms with van der Waals surface area (Å²) in [6.45, 7) is 3.51. The third kappa shape index (κ3) is 5.74. The predicted octanol–water partition coefficient (Wildman–Crippen LogP) is 4.27. The molecule has 2 aromatic carbocycles. The van der Waals surface area contributed by atoms with E-state index in [1.165, 1.54) is 13.2 Å². The number of ether oxygens (including phenoxy) is 2. The second-order valence-electron chi connectivity index (χ2n) is 5.72. The molecule has 0 spiro atoms. The van der Waals surface area contributed by atoms with Crippen molar-refractivity contribution in [3.05, 3.63) is 63.6 Å². The standard InChI is InChI=1S/C20H20BrNO4/c1-13-4-6-15(16(21)10-13)7-9-20(24)26-12-19(23)22-17-11-14(2)5-8-18(17)25-3/h4-11H,12H2,1-3H3,(H,22,23)/b9-7+. The van der Waals surface area contributed by atoms with Gasteiger partial charge in [-0.1, -0.05) is 34.1 Å². The minimum absolute atomic E-state index is 0.380. The Labute approximate surface area is 161 Å². The Morgan fingerprint density at radius 3 is 2.50 bits per heavy atom. The highest BCUT2D eigenvalue weighted by Gasteiger charge is 2.10. The van der Waals surface area contributed by atoms with Gasteiger partial charge in [-0.2, -0.15) is 0 Å². The molecule has 2 aromatic rings. The third-order valence-electron chi connectivity index (χ3n) is 3.53. The van der Waals surface area contributed by atoms with Crippen molar-refractivity contribution >= 4 is 39.6 Å². The molecule has 0 aromatic heterocycles. The van der Waals surface area contributed by atoms with Gasteiger partial charge in [0, 0.05) is 10.5 Å². The van der Waals surface area contributed by atoms with Crippen molar-refractivity contribution in [1.82, 2.24) is 0 Å². The second kappa shape index (κ2) is 9.20. The molecule has 2 rings (SSSR count). The Balaban J connectivity index is 1.90. The first kappa shape index (κ1) is 19.7. The highest BCUT2D eigenvalue weighted by molar-refractivity contribution is 9.10. The number of hydrogen-bond donors (Lipinski definition) is 1. The van der Waals surface area contributed by atoms with Crippen LogP contribution in [0.15, 0.2) is 46.9 Å². The van der Waals surface area contributed by atoms with Crippen LogP contribution in [-0.2, 0) is 14.3 Å². The lowest BCUT2D eigenvalue weighted by Crippen LogP contribution is -2.20. The fourth-order valence-corrected chi connectivity index (χ4v) is 2.84. The zero-order valence-electron chi connectivity index (χ0n) is 14.8. The molecule has 26 heavy (non-hydrogen) atoms. The number of carbonyl (C=O) groups is 2. The van der Waals surface area contributed by atoms with Crippen LogP contribution < -0.4 is 10.1 Å². The predicted molar refractivity (Wildman–Crippen MR) is 105 cm³/mol. The fourth-order valence-electron chi connectivity index (χ4n) is 2.22. The summed E-state index contributed by atoms with van der Waals surface area (Å²) in [5.74, 6) is -0.490. The van der Waals surface area contributed by atoms with Gasteiger partial charge in [-0.3, -0.25) is 4.79 Å². The first-order chi connectivity index (χ1) is 12.4. The second-order valence-corrected chi connectivity index (χ2v) is 6.57. The summed E-state index contributed by atoms with van der Waals surface area (Å²) in [7, 11) is 1.52. The van der Waals surface area contributed by atoms with Gasteiger partial charge in [-0.05, 0) is 54.8 Å². The van der Waals surface area contributed by atoms with Crippen LogP contribution in [0.4, 0.5) is 5.69 Å². The van der Waals surface area contributed by atoms with Gasteiger partial charge in [0.15, 0.2) is 6.61 Å². The molecule has 0 atom stereocenters. The maximum atomic E-state index is 12.0. The number of amides is 1. The van der Waals surface area contributed by atoms with Crippen molar-refractivity contribution < 1.29 is 19.1 Å². The van der Waals surface area contributed by atoms with Crippen molar-refractivity contribution in [2.24, 2.45) is 0 Å². The minimum atomic E-state index is -0.594. The van der Waals surface area contributed by atoms with Crippen molar-refractivity contribution in [2.75, 3.05) is 19.0 Å². The Kier molecular flexibility index (Phi) is 6.97. The number of methoxy groups -OCH3 is 1. The lowest BCUT2D eigenvalue weighted by atomic mass is 10.1. The maximum Gasteiger partial charge on any atom is 0.331 e. The number of nitrogens with one attached hydrogen (secondary N) is 1. The van der Waals surface area contributed by atoms with Gasteiger partial charge in [0.25, 0.3) is 5.91 Å². The monoisotopic (exact) mass is 417 g/mol. The van der Waals surface area contributed by atoms with E-state index in [2.05, 4.69) is 21.2 Å². The van der Waals surface area contributed by atoms with Crippen LogP contribution in [0.2, 0.25) is 0 Å². The molecular formula is C20H20BrNO4. The molecule has 136 valence electrons. The van der Waals surface area contributed by atoms with Crippen LogP contribution in [0.25, 0.3) is 6.08 Å². The van der Waals surface area contributed by atoms with E-state index in [4.69, 9.17) is 9.47 Å². The Morgan fingerprint density at radius 2 is 1.81 bits per heavy atom. The van der Waals surface area contributed by atoms with Gasteiger partial charge in [0.1, 0.15) is 5.75 Å². The highest BCUT2D eigenvalue weighted by Crippen LogP contribution is 2.25. The van der Waals surface area contributed by atoms with E-state index in [0.717, 1.165) is 21.2 Å². The molecule has 0 aliphatic heterocycles. The van der Waals surface area contributed by atoms with Crippen molar-refractivity contribution in [3.63, 3.8) is 0 Å². The van der Waals surface area contributed by atoms with E-state index >= 15 is 0 Å².